The van der Waals surface area contributed by atoms with Gasteiger partial charge in [0, 0.05) is 16.8 Å². The number of carbonyl (C=O) groups excluding carboxylic acids is 1. The van der Waals surface area contributed by atoms with Gasteiger partial charge in [-0.1, -0.05) is 18.2 Å². The quantitative estimate of drug-likeness (QED) is 0.744. The van der Waals surface area contributed by atoms with E-state index >= 15 is 0 Å². The maximum atomic E-state index is 12.6. The summed E-state index contributed by atoms with van der Waals surface area (Å²) in [6.07, 6.45) is 6.66. The topological polar surface area (TPSA) is 73.0 Å². The highest BCUT2D eigenvalue weighted by Crippen LogP contribution is 2.32. The lowest BCUT2D eigenvalue weighted by Crippen LogP contribution is -2.33. The molecule has 0 spiro atoms. The zero-order chi connectivity index (χ0) is 19.7. The van der Waals surface area contributed by atoms with Crippen molar-refractivity contribution < 1.29 is 9.21 Å². The zero-order valence-corrected chi connectivity index (χ0v) is 16.6. The average molecular weight is 378 g/mol. The van der Waals surface area contributed by atoms with Crippen LogP contribution in [0.2, 0.25) is 0 Å². The van der Waals surface area contributed by atoms with Gasteiger partial charge in [0.15, 0.2) is 0 Å². The first-order valence-corrected chi connectivity index (χ1v) is 9.78. The third-order valence-corrected chi connectivity index (χ3v) is 5.07. The summed E-state index contributed by atoms with van der Waals surface area (Å²) in [5, 5.41) is 7.75. The molecule has 3 aromatic rings. The molecule has 146 valence electrons. The van der Waals surface area contributed by atoms with Gasteiger partial charge in [0.1, 0.15) is 6.26 Å². The Morgan fingerprint density at radius 2 is 2.07 bits per heavy atom. The number of oxazole rings is 1. The summed E-state index contributed by atoms with van der Waals surface area (Å²) in [6.45, 7) is 6.45. The number of benzene rings is 1. The molecule has 1 aromatic carbocycles. The Hall–Kier alpha value is -2.89. The number of fused-ring (bicyclic) bond motifs is 1. The molecule has 0 aliphatic heterocycles. The monoisotopic (exact) mass is 378 g/mol. The molecule has 0 saturated carbocycles. The fourth-order valence-corrected chi connectivity index (χ4v) is 3.80. The van der Waals surface area contributed by atoms with E-state index in [9.17, 15) is 4.79 Å². The lowest BCUT2D eigenvalue weighted by molar-refractivity contribution is -0.121. The number of nitrogens with one attached hydrogen (secondary N) is 1. The molecule has 1 unspecified atom stereocenters. The number of nitrogens with zero attached hydrogens (tertiary/aromatic N) is 3. The van der Waals surface area contributed by atoms with Gasteiger partial charge in [-0.05, 0) is 52.2 Å². The number of carbonyl (C=O) groups is 1. The van der Waals surface area contributed by atoms with E-state index in [-0.39, 0.29) is 23.9 Å². The van der Waals surface area contributed by atoms with Crippen molar-refractivity contribution in [3.8, 4) is 11.5 Å². The van der Waals surface area contributed by atoms with Gasteiger partial charge in [-0.3, -0.25) is 9.48 Å². The SMILES string of the molecule is CC(C)(C)n1ncc2c1CCCC2NC(=O)Cc1coc(-c2ccccc2)n1. The smallest absolute Gasteiger partial charge is 0.226 e. The Morgan fingerprint density at radius 1 is 1.29 bits per heavy atom. The van der Waals surface area contributed by atoms with E-state index in [0.717, 1.165) is 30.4 Å². The third kappa shape index (κ3) is 3.72. The number of aromatic nitrogens is 3. The lowest BCUT2D eigenvalue weighted by Gasteiger charge is -2.28. The number of rotatable bonds is 4. The zero-order valence-electron chi connectivity index (χ0n) is 16.6. The molecule has 28 heavy (non-hydrogen) atoms. The summed E-state index contributed by atoms with van der Waals surface area (Å²) < 4.78 is 7.62. The van der Waals surface area contributed by atoms with Crippen LogP contribution in [0.3, 0.4) is 0 Å². The average Bonchev–Trinajstić information content (AvgIpc) is 3.29. The Labute approximate surface area is 165 Å². The molecule has 1 atom stereocenters. The van der Waals surface area contributed by atoms with E-state index in [1.54, 1.807) is 6.26 Å². The van der Waals surface area contributed by atoms with Crippen molar-refractivity contribution in [2.75, 3.05) is 0 Å². The predicted molar refractivity (Wildman–Crippen MR) is 107 cm³/mol. The molecular formula is C22H26N4O2. The van der Waals surface area contributed by atoms with Gasteiger partial charge in [0.25, 0.3) is 0 Å². The minimum atomic E-state index is -0.0615. The van der Waals surface area contributed by atoms with Crippen molar-refractivity contribution in [3.63, 3.8) is 0 Å². The van der Waals surface area contributed by atoms with Crippen molar-refractivity contribution in [2.24, 2.45) is 0 Å². The first kappa shape index (κ1) is 18.5. The van der Waals surface area contributed by atoms with Gasteiger partial charge in [-0.25, -0.2) is 4.98 Å². The molecule has 0 fully saturated rings. The first-order chi connectivity index (χ1) is 13.4. The van der Waals surface area contributed by atoms with Crippen LogP contribution in [0, 0.1) is 0 Å². The molecule has 2 heterocycles. The lowest BCUT2D eigenvalue weighted by atomic mass is 9.92. The summed E-state index contributed by atoms with van der Waals surface area (Å²) in [4.78, 5) is 17.1. The number of amides is 1. The van der Waals surface area contributed by atoms with Gasteiger partial charge < -0.3 is 9.73 Å². The summed E-state index contributed by atoms with van der Waals surface area (Å²) in [7, 11) is 0. The third-order valence-electron chi connectivity index (χ3n) is 5.07. The summed E-state index contributed by atoms with van der Waals surface area (Å²) in [6, 6.07) is 9.70. The molecule has 0 radical (unpaired) electrons. The van der Waals surface area contributed by atoms with Gasteiger partial charge >= 0.3 is 0 Å². The second kappa shape index (κ2) is 7.26. The van der Waals surface area contributed by atoms with E-state index in [2.05, 4.69) is 40.9 Å². The number of hydrogen-bond acceptors (Lipinski definition) is 4. The summed E-state index contributed by atoms with van der Waals surface area (Å²) in [5.74, 6) is 0.490. The Kier molecular flexibility index (Phi) is 4.79. The summed E-state index contributed by atoms with van der Waals surface area (Å²) >= 11 is 0. The first-order valence-electron chi connectivity index (χ1n) is 9.78. The Balaban J connectivity index is 1.44. The molecule has 2 aromatic heterocycles. The van der Waals surface area contributed by atoms with Crippen molar-refractivity contribution in [3.05, 3.63) is 59.7 Å². The Morgan fingerprint density at radius 3 is 2.82 bits per heavy atom. The van der Waals surface area contributed by atoms with Crippen molar-refractivity contribution in [2.45, 2.75) is 58.0 Å². The van der Waals surface area contributed by atoms with Crippen molar-refractivity contribution in [1.29, 1.82) is 0 Å². The van der Waals surface area contributed by atoms with Crippen LogP contribution in [-0.2, 0) is 23.2 Å². The fourth-order valence-electron chi connectivity index (χ4n) is 3.80. The van der Waals surface area contributed by atoms with E-state index in [1.807, 2.05) is 36.5 Å². The fraction of sp³-hybridized carbons (Fsp3) is 0.409. The van der Waals surface area contributed by atoms with Crippen LogP contribution in [0.15, 0.2) is 47.2 Å². The molecule has 0 bridgehead atoms. The van der Waals surface area contributed by atoms with Crippen LogP contribution in [0.5, 0.6) is 0 Å². The minimum absolute atomic E-state index is 0.00726. The van der Waals surface area contributed by atoms with Crippen LogP contribution < -0.4 is 5.32 Å². The van der Waals surface area contributed by atoms with E-state index in [4.69, 9.17) is 4.42 Å². The van der Waals surface area contributed by atoms with Crippen LogP contribution in [0.25, 0.3) is 11.5 Å². The predicted octanol–water partition coefficient (Wildman–Crippen LogP) is 4.03. The molecule has 1 aliphatic carbocycles. The highest BCUT2D eigenvalue weighted by Gasteiger charge is 2.29. The molecule has 6 heteroatoms. The van der Waals surface area contributed by atoms with Gasteiger partial charge in [0.05, 0.1) is 29.9 Å². The maximum absolute atomic E-state index is 12.6. The van der Waals surface area contributed by atoms with Crippen LogP contribution in [0.1, 0.15) is 56.6 Å². The van der Waals surface area contributed by atoms with E-state index in [1.165, 1.54) is 5.69 Å². The maximum Gasteiger partial charge on any atom is 0.226 e. The molecule has 1 amide bonds. The van der Waals surface area contributed by atoms with Crippen LogP contribution in [0.4, 0.5) is 0 Å². The molecule has 0 saturated heterocycles. The minimum Gasteiger partial charge on any atom is -0.444 e. The molecule has 4 rings (SSSR count). The molecular weight excluding hydrogens is 352 g/mol. The summed E-state index contributed by atoms with van der Waals surface area (Å²) in [5.41, 5.74) is 3.85. The highest BCUT2D eigenvalue weighted by atomic mass is 16.3. The van der Waals surface area contributed by atoms with Crippen molar-refractivity contribution in [1.82, 2.24) is 20.1 Å². The second-order valence-electron chi connectivity index (χ2n) is 8.33. The van der Waals surface area contributed by atoms with Gasteiger partial charge in [-0.2, -0.15) is 5.10 Å². The van der Waals surface area contributed by atoms with E-state index < -0.39 is 0 Å². The molecule has 6 nitrogen and oxygen atoms in total. The number of hydrogen-bond donors (Lipinski definition) is 1. The van der Waals surface area contributed by atoms with E-state index in [0.29, 0.717) is 11.6 Å². The highest BCUT2D eigenvalue weighted by molar-refractivity contribution is 5.78. The normalized spacial score (nSPS) is 16.6. The Bertz CT molecular complexity index is 966. The van der Waals surface area contributed by atoms with Crippen LogP contribution in [-0.4, -0.2) is 20.7 Å². The molecule has 1 aliphatic rings. The van der Waals surface area contributed by atoms with Gasteiger partial charge in [-0.15, -0.1) is 0 Å². The largest absolute Gasteiger partial charge is 0.444 e. The second-order valence-corrected chi connectivity index (χ2v) is 8.33. The molecule has 1 N–H and O–H groups in total. The standard InChI is InChI=1S/C22H26N4O2/c1-22(2,3)26-19-11-7-10-18(17(19)13-23-26)25-20(27)12-16-14-28-21(24-16)15-8-5-4-6-9-15/h4-6,8-9,13-14,18H,7,10-12H2,1-3H3,(H,25,27). The van der Waals surface area contributed by atoms with Crippen molar-refractivity contribution >= 4 is 5.91 Å². The van der Waals surface area contributed by atoms with Gasteiger partial charge in [0.2, 0.25) is 11.8 Å². The van der Waals surface area contributed by atoms with Crippen LogP contribution >= 0.6 is 0 Å².